The average molecular weight is 281 g/mol. The highest BCUT2D eigenvalue weighted by atomic mass is 35.5. The number of rotatable bonds is 2. The van der Waals surface area contributed by atoms with Crippen LogP contribution in [0.4, 0.5) is 5.82 Å². The second-order valence-corrected chi connectivity index (χ2v) is 5.60. The van der Waals surface area contributed by atoms with Crippen molar-refractivity contribution < 1.29 is 4.79 Å². The molecule has 0 saturated carbocycles. The average Bonchev–Trinajstić information content (AvgIpc) is 2.77. The molecule has 3 N–H and O–H groups in total. The van der Waals surface area contributed by atoms with Gasteiger partial charge in [0.2, 0.25) is 5.91 Å². The van der Waals surface area contributed by atoms with Gasteiger partial charge in [-0.05, 0) is 31.5 Å². The van der Waals surface area contributed by atoms with E-state index in [9.17, 15) is 4.79 Å². The number of piperidine rings is 1. The van der Waals surface area contributed by atoms with Gasteiger partial charge in [0.25, 0.3) is 0 Å². The van der Waals surface area contributed by atoms with E-state index in [0.717, 1.165) is 31.6 Å². The molecule has 2 saturated heterocycles. The van der Waals surface area contributed by atoms with Crippen molar-refractivity contribution in [3.05, 3.63) is 22.8 Å². The van der Waals surface area contributed by atoms with Crippen molar-refractivity contribution in [1.82, 2.24) is 15.2 Å². The standard InChI is InChI=1S/C13H17ClN4O/c14-9-3-4-12(15)17-10(9)7-18-5-1-2-8-11(18)6-16-13(8)19/h3-4,8,11H,1-2,5-7H2,(H2,15,17)(H,16,19). The van der Waals surface area contributed by atoms with Crippen molar-refractivity contribution in [2.75, 3.05) is 18.8 Å². The van der Waals surface area contributed by atoms with E-state index in [1.54, 1.807) is 12.1 Å². The van der Waals surface area contributed by atoms with Crippen LogP contribution in [0, 0.1) is 5.92 Å². The molecule has 2 aliphatic rings. The highest BCUT2D eigenvalue weighted by Gasteiger charge is 2.40. The third-order valence-electron chi connectivity index (χ3n) is 4.01. The van der Waals surface area contributed by atoms with Crippen molar-refractivity contribution in [2.45, 2.75) is 25.4 Å². The van der Waals surface area contributed by atoms with Crippen molar-refractivity contribution in [2.24, 2.45) is 5.92 Å². The van der Waals surface area contributed by atoms with E-state index in [4.69, 9.17) is 17.3 Å². The Balaban J connectivity index is 1.79. The molecule has 0 spiro atoms. The molecule has 2 atom stereocenters. The highest BCUT2D eigenvalue weighted by molar-refractivity contribution is 6.31. The number of hydrogen-bond acceptors (Lipinski definition) is 4. The Morgan fingerprint density at radius 1 is 1.53 bits per heavy atom. The Kier molecular flexibility index (Phi) is 3.33. The lowest BCUT2D eigenvalue weighted by Crippen LogP contribution is -2.45. The van der Waals surface area contributed by atoms with Gasteiger partial charge in [0.05, 0.1) is 16.6 Å². The number of hydrogen-bond donors (Lipinski definition) is 2. The van der Waals surface area contributed by atoms with Crippen LogP contribution in [0.25, 0.3) is 0 Å². The quantitative estimate of drug-likeness (QED) is 0.849. The molecule has 1 amide bonds. The number of carbonyl (C=O) groups excluding carboxylic acids is 1. The number of fused-ring (bicyclic) bond motifs is 1. The van der Waals surface area contributed by atoms with Crippen LogP contribution in [0.1, 0.15) is 18.5 Å². The minimum Gasteiger partial charge on any atom is -0.384 e. The Morgan fingerprint density at radius 3 is 3.21 bits per heavy atom. The Hall–Kier alpha value is -1.33. The predicted molar refractivity (Wildman–Crippen MR) is 73.6 cm³/mol. The van der Waals surface area contributed by atoms with Gasteiger partial charge in [0, 0.05) is 19.1 Å². The van der Waals surface area contributed by atoms with Crippen molar-refractivity contribution >= 4 is 23.3 Å². The number of carbonyl (C=O) groups is 1. The molecule has 3 heterocycles. The van der Waals surface area contributed by atoms with Crippen LogP contribution in [0.5, 0.6) is 0 Å². The zero-order chi connectivity index (χ0) is 13.4. The number of aromatic nitrogens is 1. The number of amides is 1. The minimum absolute atomic E-state index is 0.119. The van der Waals surface area contributed by atoms with E-state index in [2.05, 4.69) is 15.2 Å². The molecule has 5 nitrogen and oxygen atoms in total. The fraction of sp³-hybridized carbons (Fsp3) is 0.538. The van der Waals surface area contributed by atoms with E-state index in [0.29, 0.717) is 17.4 Å². The summed E-state index contributed by atoms with van der Waals surface area (Å²) in [5, 5.41) is 3.58. The number of pyridine rings is 1. The molecule has 19 heavy (non-hydrogen) atoms. The normalized spacial score (nSPS) is 27.1. The maximum Gasteiger partial charge on any atom is 0.224 e. The molecule has 3 rings (SSSR count). The van der Waals surface area contributed by atoms with Crippen LogP contribution < -0.4 is 11.1 Å². The number of anilines is 1. The van der Waals surface area contributed by atoms with E-state index >= 15 is 0 Å². The molecule has 0 aromatic carbocycles. The number of halogens is 1. The molecule has 102 valence electrons. The minimum atomic E-state index is 0.119. The Labute approximate surface area is 117 Å². The van der Waals surface area contributed by atoms with Crippen LogP contribution in [0.15, 0.2) is 12.1 Å². The monoisotopic (exact) mass is 280 g/mol. The summed E-state index contributed by atoms with van der Waals surface area (Å²) < 4.78 is 0. The molecule has 1 aromatic heterocycles. The van der Waals surface area contributed by atoms with Gasteiger partial charge in [-0.1, -0.05) is 11.6 Å². The third-order valence-corrected chi connectivity index (χ3v) is 4.35. The second-order valence-electron chi connectivity index (χ2n) is 5.20. The van der Waals surface area contributed by atoms with Gasteiger partial charge in [-0.25, -0.2) is 4.98 Å². The first kappa shape index (κ1) is 12.7. The van der Waals surface area contributed by atoms with Crippen LogP contribution in [0.2, 0.25) is 5.02 Å². The first-order valence-electron chi connectivity index (χ1n) is 6.58. The lowest BCUT2D eigenvalue weighted by atomic mass is 9.91. The van der Waals surface area contributed by atoms with Crippen LogP contribution >= 0.6 is 11.6 Å². The smallest absolute Gasteiger partial charge is 0.224 e. The molecule has 0 bridgehead atoms. The zero-order valence-corrected chi connectivity index (χ0v) is 11.4. The lowest BCUT2D eigenvalue weighted by molar-refractivity contribution is -0.124. The molecule has 2 fully saturated rings. The number of nitrogen functional groups attached to an aromatic ring is 1. The van der Waals surface area contributed by atoms with Gasteiger partial charge in [0.1, 0.15) is 5.82 Å². The molecule has 0 radical (unpaired) electrons. The molecule has 1 aromatic rings. The van der Waals surface area contributed by atoms with E-state index in [-0.39, 0.29) is 17.9 Å². The summed E-state index contributed by atoms with van der Waals surface area (Å²) in [7, 11) is 0. The fourth-order valence-corrected chi connectivity index (χ4v) is 3.21. The molecular weight excluding hydrogens is 264 g/mol. The van der Waals surface area contributed by atoms with Crippen molar-refractivity contribution in [3.8, 4) is 0 Å². The van der Waals surface area contributed by atoms with E-state index in [1.807, 2.05) is 0 Å². The summed E-state index contributed by atoms with van der Waals surface area (Å²) in [6.45, 7) is 2.35. The van der Waals surface area contributed by atoms with Crippen LogP contribution in [-0.2, 0) is 11.3 Å². The third kappa shape index (κ3) is 2.40. The second kappa shape index (κ2) is 4.98. The summed E-state index contributed by atoms with van der Waals surface area (Å²) in [6, 6.07) is 3.74. The van der Waals surface area contributed by atoms with Gasteiger partial charge in [-0.15, -0.1) is 0 Å². The summed E-state index contributed by atoms with van der Waals surface area (Å²) in [4.78, 5) is 18.3. The zero-order valence-electron chi connectivity index (χ0n) is 10.6. The molecule has 2 aliphatic heterocycles. The van der Waals surface area contributed by atoms with Gasteiger partial charge >= 0.3 is 0 Å². The number of nitrogens with two attached hydrogens (primary N) is 1. The van der Waals surface area contributed by atoms with E-state index < -0.39 is 0 Å². The highest BCUT2D eigenvalue weighted by Crippen LogP contribution is 2.29. The SMILES string of the molecule is Nc1ccc(Cl)c(CN2CCCC3C(=O)NCC32)n1. The van der Waals surface area contributed by atoms with Crippen LogP contribution in [0.3, 0.4) is 0 Å². The fourth-order valence-electron chi connectivity index (χ4n) is 3.04. The molecule has 6 heteroatoms. The lowest BCUT2D eigenvalue weighted by Gasteiger charge is -2.35. The summed E-state index contributed by atoms with van der Waals surface area (Å²) >= 11 is 6.16. The van der Waals surface area contributed by atoms with Crippen molar-refractivity contribution in [3.63, 3.8) is 0 Å². The predicted octanol–water partition coefficient (Wildman–Crippen LogP) is 1.03. The first-order chi connectivity index (χ1) is 9.15. The van der Waals surface area contributed by atoms with Gasteiger partial charge in [0.15, 0.2) is 0 Å². The Bertz CT molecular complexity index is 507. The summed E-state index contributed by atoms with van der Waals surface area (Å²) in [5.74, 6) is 0.781. The first-order valence-corrected chi connectivity index (χ1v) is 6.95. The molecule has 2 unspecified atom stereocenters. The van der Waals surface area contributed by atoms with Gasteiger partial charge < -0.3 is 11.1 Å². The Morgan fingerprint density at radius 2 is 2.37 bits per heavy atom. The number of nitrogens with one attached hydrogen (secondary N) is 1. The maximum atomic E-state index is 11.7. The maximum absolute atomic E-state index is 11.7. The largest absolute Gasteiger partial charge is 0.384 e. The van der Waals surface area contributed by atoms with Gasteiger partial charge in [-0.2, -0.15) is 0 Å². The van der Waals surface area contributed by atoms with E-state index in [1.165, 1.54) is 0 Å². The molecular formula is C13H17ClN4O. The topological polar surface area (TPSA) is 71.2 Å². The molecule has 0 aliphatic carbocycles. The number of likely N-dealkylation sites (tertiary alicyclic amines) is 1. The number of nitrogens with zero attached hydrogens (tertiary/aromatic N) is 2. The van der Waals surface area contributed by atoms with Crippen LogP contribution in [-0.4, -0.2) is 34.9 Å². The van der Waals surface area contributed by atoms with Crippen molar-refractivity contribution in [1.29, 1.82) is 0 Å². The summed E-state index contributed by atoms with van der Waals surface area (Å²) in [5.41, 5.74) is 6.50. The summed E-state index contributed by atoms with van der Waals surface area (Å²) in [6.07, 6.45) is 2.01. The van der Waals surface area contributed by atoms with Gasteiger partial charge in [-0.3, -0.25) is 9.69 Å².